The van der Waals surface area contributed by atoms with Gasteiger partial charge in [0, 0.05) is 25.2 Å². The summed E-state index contributed by atoms with van der Waals surface area (Å²) < 4.78 is 16.9. The Hall–Kier alpha value is -3.07. The molecule has 0 radical (unpaired) electrons. The number of methoxy groups -OCH3 is 2. The van der Waals surface area contributed by atoms with Crippen molar-refractivity contribution in [3.05, 3.63) is 40.7 Å². The van der Waals surface area contributed by atoms with Gasteiger partial charge in [-0.3, -0.25) is 9.59 Å². The number of carbonyl (C=O) groups excluding carboxylic acids is 1. The molecule has 0 spiro atoms. The molecule has 1 N–H and O–H groups in total. The summed E-state index contributed by atoms with van der Waals surface area (Å²) in [4.78, 5) is 26.5. The second-order valence-corrected chi connectivity index (χ2v) is 5.90. The zero-order valence-corrected chi connectivity index (χ0v) is 15.3. The lowest BCUT2D eigenvalue weighted by atomic mass is 10.2. The molecule has 0 aliphatic carbocycles. The third-order valence-electron chi connectivity index (χ3n) is 4.16. The highest BCUT2D eigenvalue weighted by atomic mass is 16.5. The maximum Gasteiger partial charge on any atom is 0.267 e. The minimum atomic E-state index is -0.382. The SMILES string of the molecule is COc1ccc(NC(=O)Cn2nc(N3CCOCC3)ccc2=O)c(OC)c1. The Morgan fingerprint density at radius 2 is 1.96 bits per heavy atom. The fraction of sp³-hybridized carbons (Fsp3) is 0.389. The molecule has 0 unspecified atom stereocenters. The molecule has 2 aromatic rings. The zero-order valence-electron chi connectivity index (χ0n) is 15.3. The van der Waals surface area contributed by atoms with Crippen LogP contribution in [-0.4, -0.2) is 56.2 Å². The van der Waals surface area contributed by atoms with E-state index in [-0.39, 0.29) is 18.0 Å². The minimum absolute atomic E-state index is 0.202. The fourth-order valence-electron chi connectivity index (χ4n) is 2.74. The van der Waals surface area contributed by atoms with Gasteiger partial charge in [-0.2, -0.15) is 5.10 Å². The third-order valence-corrected chi connectivity index (χ3v) is 4.16. The normalized spacial score (nSPS) is 13.9. The summed E-state index contributed by atoms with van der Waals surface area (Å²) >= 11 is 0. The molecular formula is C18H22N4O5. The lowest BCUT2D eigenvalue weighted by Crippen LogP contribution is -2.38. The van der Waals surface area contributed by atoms with Gasteiger partial charge in [-0.1, -0.05) is 0 Å². The van der Waals surface area contributed by atoms with Crippen molar-refractivity contribution in [1.82, 2.24) is 9.78 Å². The van der Waals surface area contributed by atoms with Crippen LogP contribution in [-0.2, 0) is 16.1 Å². The van der Waals surface area contributed by atoms with Crippen LogP contribution in [0.3, 0.4) is 0 Å². The first-order valence-corrected chi connectivity index (χ1v) is 8.53. The van der Waals surface area contributed by atoms with Crippen LogP contribution in [0.5, 0.6) is 11.5 Å². The molecule has 1 saturated heterocycles. The molecule has 9 heteroatoms. The van der Waals surface area contributed by atoms with Crippen molar-refractivity contribution in [1.29, 1.82) is 0 Å². The van der Waals surface area contributed by atoms with Crippen LogP contribution in [0, 0.1) is 0 Å². The first-order valence-electron chi connectivity index (χ1n) is 8.53. The number of nitrogens with one attached hydrogen (secondary N) is 1. The van der Waals surface area contributed by atoms with E-state index in [0.717, 1.165) is 4.68 Å². The van der Waals surface area contributed by atoms with Crippen LogP contribution in [0.15, 0.2) is 35.1 Å². The van der Waals surface area contributed by atoms with Gasteiger partial charge in [-0.05, 0) is 18.2 Å². The van der Waals surface area contributed by atoms with Crippen LogP contribution in [0.2, 0.25) is 0 Å². The van der Waals surface area contributed by atoms with Crippen molar-refractivity contribution in [2.45, 2.75) is 6.54 Å². The van der Waals surface area contributed by atoms with Gasteiger partial charge in [0.05, 0.1) is 33.1 Å². The summed E-state index contributed by atoms with van der Waals surface area (Å²) in [7, 11) is 3.05. The van der Waals surface area contributed by atoms with Gasteiger partial charge in [0.2, 0.25) is 5.91 Å². The van der Waals surface area contributed by atoms with Crippen LogP contribution in [0.1, 0.15) is 0 Å². The summed E-state index contributed by atoms with van der Waals surface area (Å²) in [6.45, 7) is 2.41. The predicted octanol–water partition coefficient (Wildman–Crippen LogP) is 0.736. The molecule has 0 saturated carbocycles. The van der Waals surface area contributed by atoms with Crippen molar-refractivity contribution >= 4 is 17.4 Å². The summed E-state index contributed by atoms with van der Waals surface area (Å²) in [5.41, 5.74) is 0.143. The highest BCUT2D eigenvalue weighted by Gasteiger charge is 2.15. The number of nitrogens with zero attached hydrogens (tertiary/aromatic N) is 3. The first kappa shape index (κ1) is 18.7. The van der Waals surface area contributed by atoms with E-state index < -0.39 is 0 Å². The van der Waals surface area contributed by atoms with E-state index in [4.69, 9.17) is 14.2 Å². The van der Waals surface area contributed by atoms with E-state index in [1.807, 2.05) is 4.90 Å². The zero-order chi connectivity index (χ0) is 19.2. The number of hydrogen-bond acceptors (Lipinski definition) is 7. The number of morpholine rings is 1. The minimum Gasteiger partial charge on any atom is -0.497 e. The molecule has 27 heavy (non-hydrogen) atoms. The average molecular weight is 374 g/mol. The number of amides is 1. The second kappa shape index (κ2) is 8.54. The fourth-order valence-corrected chi connectivity index (χ4v) is 2.74. The molecular weight excluding hydrogens is 352 g/mol. The maximum absolute atomic E-state index is 12.4. The van der Waals surface area contributed by atoms with Gasteiger partial charge in [0.1, 0.15) is 23.9 Å². The maximum atomic E-state index is 12.4. The number of ether oxygens (including phenoxy) is 3. The third kappa shape index (κ3) is 4.56. The van der Waals surface area contributed by atoms with E-state index >= 15 is 0 Å². The van der Waals surface area contributed by atoms with Gasteiger partial charge in [-0.25, -0.2) is 4.68 Å². The van der Waals surface area contributed by atoms with E-state index in [0.29, 0.717) is 49.3 Å². The number of carbonyl (C=O) groups is 1. The van der Waals surface area contributed by atoms with Crippen molar-refractivity contribution < 1.29 is 19.0 Å². The van der Waals surface area contributed by atoms with Crippen molar-refractivity contribution in [2.24, 2.45) is 0 Å². The quantitative estimate of drug-likeness (QED) is 0.797. The lowest BCUT2D eigenvalue weighted by Gasteiger charge is -2.27. The van der Waals surface area contributed by atoms with Gasteiger partial charge >= 0.3 is 0 Å². The highest BCUT2D eigenvalue weighted by Crippen LogP contribution is 2.28. The topological polar surface area (TPSA) is 94.9 Å². The Balaban J connectivity index is 1.73. The van der Waals surface area contributed by atoms with Crippen molar-refractivity contribution in [3.8, 4) is 11.5 Å². The number of hydrogen-bond donors (Lipinski definition) is 1. The largest absolute Gasteiger partial charge is 0.497 e. The van der Waals surface area contributed by atoms with Gasteiger partial charge in [-0.15, -0.1) is 0 Å². The lowest BCUT2D eigenvalue weighted by molar-refractivity contribution is -0.117. The predicted molar refractivity (Wildman–Crippen MR) is 99.7 cm³/mol. The van der Waals surface area contributed by atoms with Crippen LogP contribution in [0.25, 0.3) is 0 Å². The van der Waals surface area contributed by atoms with Crippen molar-refractivity contribution in [3.63, 3.8) is 0 Å². The van der Waals surface area contributed by atoms with E-state index in [2.05, 4.69) is 10.4 Å². The number of benzene rings is 1. The number of aromatic nitrogens is 2. The molecule has 1 aromatic carbocycles. The average Bonchev–Trinajstić information content (AvgIpc) is 2.70. The molecule has 1 aliphatic heterocycles. The van der Waals surface area contributed by atoms with Crippen LogP contribution >= 0.6 is 0 Å². The molecule has 1 aliphatic rings. The van der Waals surface area contributed by atoms with Crippen LogP contribution < -0.4 is 25.2 Å². The monoisotopic (exact) mass is 374 g/mol. The van der Waals surface area contributed by atoms with Gasteiger partial charge < -0.3 is 24.4 Å². The highest BCUT2D eigenvalue weighted by molar-refractivity contribution is 5.92. The van der Waals surface area contributed by atoms with Crippen LogP contribution in [0.4, 0.5) is 11.5 Å². The molecule has 3 rings (SSSR count). The van der Waals surface area contributed by atoms with Gasteiger partial charge in [0.25, 0.3) is 5.56 Å². The first-order chi connectivity index (χ1) is 13.1. The Morgan fingerprint density at radius 1 is 1.19 bits per heavy atom. The standard InChI is InChI=1S/C18H22N4O5/c1-25-13-3-4-14(15(11-13)26-2)19-17(23)12-22-18(24)6-5-16(20-22)21-7-9-27-10-8-21/h3-6,11H,7-10,12H2,1-2H3,(H,19,23). The van der Waals surface area contributed by atoms with Gasteiger partial charge in [0.15, 0.2) is 0 Å². The molecule has 1 aromatic heterocycles. The Kier molecular flexibility index (Phi) is 5.92. The summed E-state index contributed by atoms with van der Waals surface area (Å²) in [6.07, 6.45) is 0. The summed E-state index contributed by atoms with van der Waals surface area (Å²) in [6, 6.07) is 8.13. The second-order valence-electron chi connectivity index (χ2n) is 5.90. The molecule has 1 fully saturated rings. The molecule has 0 bridgehead atoms. The Labute approximate surface area is 156 Å². The van der Waals surface area contributed by atoms with Crippen molar-refractivity contribution in [2.75, 3.05) is 50.7 Å². The molecule has 2 heterocycles. The molecule has 9 nitrogen and oxygen atoms in total. The molecule has 1 amide bonds. The van der Waals surface area contributed by atoms with E-state index in [1.54, 1.807) is 31.4 Å². The smallest absolute Gasteiger partial charge is 0.267 e. The van der Waals surface area contributed by atoms with E-state index in [9.17, 15) is 9.59 Å². The Bertz CT molecular complexity index is 861. The summed E-state index contributed by atoms with van der Waals surface area (Å²) in [5, 5.41) is 7.04. The molecule has 144 valence electrons. The number of anilines is 2. The van der Waals surface area contributed by atoms with E-state index in [1.165, 1.54) is 13.2 Å². The summed E-state index contributed by atoms with van der Waals surface area (Å²) in [5.74, 6) is 1.34. The Morgan fingerprint density at radius 3 is 2.67 bits per heavy atom. The molecule has 0 atom stereocenters. The number of rotatable bonds is 6.